The van der Waals surface area contributed by atoms with E-state index in [1.54, 1.807) is 6.08 Å². The van der Waals surface area contributed by atoms with Gasteiger partial charge in [-0.05, 0) is 111 Å². The fourth-order valence-electron chi connectivity index (χ4n) is 6.59. The van der Waals surface area contributed by atoms with Crippen LogP contribution in [0.1, 0.15) is 68.4 Å². The number of nitrogens with one attached hydrogen (secondary N) is 1. The van der Waals surface area contributed by atoms with E-state index in [0.717, 1.165) is 25.4 Å². The quantitative estimate of drug-likeness (QED) is 0.0420. The topological polar surface area (TPSA) is 23.9 Å². The molecule has 58 heavy (non-hydrogen) atoms. The molecule has 2 heteroatoms. The second-order valence-corrected chi connectivity index (χ2v) is 14.3. The maximum absolute atomic E-state index is 7.32. The minimum Gasteiger partial charge on any atom is -0.309 e. The molecule has 300 valence electrons. The molecular formula is C56H66NP. The Morgan fingerprint density at radius 2 is 1.14 bits per heavy atom. The summed E-state index contributed by atoms with van der Waals surface area (Å²) in [5.41, 5.74) is 10.3. The molecule has 6 aromatic rings. The molecule has 0 aliphatic rings. The first-order chi connectivity index (χ1) is 28.3. The summed E-state index contributed by atoms with van der Waals surface area (Å²) in [6.07, 6.45) is 20.5. The lowest BCUT2D eigenvalue weighted by atomic mass is 9.83. The molecule has 1 nitrogen and oxygen atoms in total. The lowest BCUT2D eigenvalue weighted by Gasteiger charge is -2.21. The number of fused-ring (bicyclic) bond motifs is 2. The van der Waals surface area contributed by atoms with Crippen LogP contribution < -0.4 is 0 Å². The van der Waals surface area contributed by atoms with Gasteiger partial charge in [0.25, 0.3) is 0 Å². The normalized spacial score (nSPS) is 11.2. The summed E-state index contributed by atoms with van der Waals surface area (Å²) in [4.78, 5) is 0. The van der Waals surface area contributed by atoms with E-state index in [4.69, 9.17) is 5.41 Å². The molecule has 1 N–H and O–H groups in total. The smallest absolute Gasteiger partial charge is 0.0174 e. The van der Waals surface area contributed by atoms with Gasteiger partial charge in [0.15, 0.2) is 0 Å². The highest BCUT2D eigenvalue weighted by Gasteiger charge is 2.17. The Morgan fingerprint density at radius 3 is 1.64 bits per heavy atom. The van der Waals surface area contributed by atoms with Crippen LogP contribution in [-0.4, -0.2) is 12.4 Å². The van der Waals surface area contributed by atoms with Crippen LogP contribution in [0.2, 0.25) is 0 Å². The van der Waals surface area contributed by atoms with Crippen LogP contribution in [-0.2, 0) is 11.8 Å². The second-order valence-electron chi connectivity index (χ2n) is 13.8. The van der Waals surface area contributed by atoms with Gasteiger partial charge in [0.05, 0.1) is 0 Å². The van der Waals surface area contributed by atoms with Gasteiger partial charge in [0.1, 0.15) is 0 Å². The van der Waals surface area contributed by atoms with E-state index in [9.17, 15) is 0 Å². The number of allylic oxidation sites excluding steroid dienone is 8. The summed E-state index contributed by atoms with van der Waals surface area (Å²) >= 11 is 0. The van der Waals surface area contributed by atoms with Gasteiger partial charge < -0.3 is 5.41 Å². The van der Waals surface area contributed by atoms with Crippen LogP contribution in [0.25, 0.3) is 38.2 Å². The van der Waals surface area contributed by atoms with E-state index in [2.05, 4.69) is 227 Å². The number of aryl methyl sites for hydroxylation is 2. The van der Waals surface area contributed by atoms with Crippen molar-refractivity contribution in [3.05, 3.63) is 224 Å². The zero-order valence-corrected chi connectivity index (χ0v) is 37.1. The van der Waals surface area contributed by atoms with Crippen LogP contribution in [0.4, 0.5) is 0 Å². The lowest BCUT2D eigenvalue weighted by molar-refractivity contribution is 0.670. The molecule has 1 atom stereocenters. The first-order valence-electron chi connectivity index (χ1n) is 20.3. The maximum Gasteiger partial charge on any atom is 0.0174 e. The van der Waals surface area contributed by atoms with Gasteiger partial charge in [0, 0.05) is 11.6 Å². The van der Waals surface area contributed by atoms with Crippen LogP contribution in [0, 0.1) is 19.3 Å². The molecule has 0 aliphatic carbocycles. The van der Waals surface area contributed by atoms with Crippen molar-refractivity contribution in [2.24, 2.45) is 0 Å². The van der Waals surface area contributed by atoms with Crippen LogP contribution in [0.15, 0.2) is 196 Å². The number of hydrogen-bond donors (Lipinski definition) is 1. The number of hydrogen-bond acceptors (Lipinski definition) is 1. The minimum atomic E-state index is -0.112. The van der Waals surface area contributed by atoms with Gasteiger partial charge in [-0.3, -0.25) is 0 Å². The molecule has 0 bridgehead atoms. The average Bonchev–Trinajstić information content (AvgIpc) is 3.28. The molecule has 0 saturated carbocycles. The summed E-state index contributed by atoms with van der Waals surface area (Å²) < 4.78 is 0. The van der Waals surface area contributed by atoms with Crippen molar-refractivity contribution in [3.63, 3.8) is 0 Å². The highest BCUT2D eigenvalue weighted by molar-refractivity contribution is 7.16. The van der Waals surface area contributed by atoms with E-state index in [0.29, 0.717) is 0 Å². The first kappa shape index (κ1) is 48.5. The van der Waals surface area contributed by atoms with Gasteiger partial charge in [-0.15, -0.1) is 35.6 Å². The molecule has 0 heterocycles. The molecule has 1 unspecified atom stereocenters. The zero-order valence-electron chi connectivity index (χ0n) is 36.0. The van der Waals surface area contributed by atoms with Crippen molar-refractivity contribution in [2.45, 2.75) is 66.2 Å². The zero-order chi connectivity index (χ0) is 42.8. The third-order valence-electron chi connectivity index (χ3n) is 9.69. The van der Waals surface area contributed by atoms with Crippen molar-refractivity contribution in [2.75, 3.05) is 6.16 Å². The molecule has 0 amide bonds. The Hall–Kier alpha value is -5.62. The number of benzene rings is 6. The monoisotopic (exact) mass is 783 g/mol. The second kappa shape index (κ2) is 27.1. The fraction of sp³-hybridized carbons (Fsp3) is 0.196. The molecule has 0 radical (unpaired) electrons. The van der Waals surface area contributed by atoms with E-state index in [1.807, 2.05) is 13.8 Å². The predicted octanol–water partition coefficient (Wildman–Crippen LogP) is 16.5. The van der Waals surface area contributed by atoms with Crippen molar-refractivity contribution >= 4 is 42.6 Å². The van der Waals surface area contributed by atoms with Crippen molar-refractivity contribution in [3.8, 4) is 11.1 Å². The average molecular weight is 784 g/mol. The molecule has 0 fully saturated rings. The van der Waals surface area contributed by atoms with Gasteiger partial charge in [-0.1, -0.05) is 192 Å². The Labute approximate surface area is 354 Å². The molecule has 6 aromatic carbocycles. The van der Waals surface area contributed by atoms with E-state index < -0.39 is 0 Å². The third kappa shape index (κ3) is 14.1. The summed E-state index contributed by atoms with van der Waals surface area (Å²) in [5.74, 6) is 0. The third-order valence-corrected chi connectivity index (χ3v) is 10.0. The molecule has 6 rings (SSSR count). The predicted molar refractivity (Wildman–Crippen MR) is 268 cm³/mol. The van der Waals surface area contributed by atoms with E-state index >= 15 is 0 Å². The van der Waals surface area contributed by atoms with Gasteiger partial charge in [-0.25, -0.2) is 0 Å². The highest BCUT2D eigenvalue weighted by Crippen LogP contribution is 2.39. The van der Waals surface area contributed by atoms with Crippen LogP contribution in [0.5, 0.6) is 0 Å². The minimum absolute atomic E-state index is 0.112. The van der Waals surface area contributed by atoms with Crippen LogP contribution in [0.3, 0.4) is 0 Å². The van der Waals surface area contributed by atoms with Crippen molar-refractivity contribution < 1.29 is 0 Å². The first-order valence-corrected chi connectivity index (χ1v) is 21.2. The fourth-order valence-corrected chi connectivity index (χ4v) is 6.75. The molecular weight excluding hydrogens is 718 g/mol. The summed E-state index contributed by atoms with van der Waals surface area (Å²) in [6, 6.07) is 45.7. The summed E-state index contributed by atoms with van der Waals surface area (Å²) in [7, 11) is 2.83. The highest BCUT2D eigenvalue weighted by atomic mass is 31.0. The van der Waals surface area contributed by atoms with Gasteiger partial charge >= 0.3 is 0 Å². The lowest BCUT2D eigenvalue weighted by Crippen LogP contribution is -2.13. The summed E-state index contributed by atoms with van der Waals surface area (Å²) in [6.45, 7) is 24.6. The van der Waals surface area contributed by atoms with Gasteiger partial charge in [-0.2, -0.15) is 0 Å². The van der Waals surface area contributed by atoms with E-state index in [-0.39, 0.29) is 5.41 Å². The number of rotatable bonds is 12. The largest absolute Gasteiger partial charge is 0.309 e. The van der Waals surface area contributed by atoms with Crippen molar-refractivity contribution in [1.82, 2.24) is 0 Å². The van der Waals surface area contributed by atoms with Crippen molar-refractivity contribution in [1.29, 1.82) is 5.41 Å². The molecule has 0 aliphatic heterocycles. The molecule has 0 aromatic heterocycles. The Morgan fingerprint density at radius 1 is 0.638 bits per heavy atom. The van der Waals surface area contributed by atoms with Gasteiger partial charge in [0.2, 0.25) is 0 Å². The summed E-state index contributed by atoms with van der Waals surface area (Å²) in [5, 5.41) is 12.6. The standard InChI is InChI=1S/C42H42NP.C8H10.C2H6.2C2H4/c1-42(2,29-15-30-43)35-27-25-33(26-28-35)32(19-14-31-44)16-6-3-4-9-20-36-37-21-10-12-23-39(37)41(34-17-7-5-8-18-34)40-24-13-11-22-38(36)40;1-7-5-3-4-6-8(7)2;3*1-2/h4-13,15-19,21-30,43H,3,14,20,31,44H2,1-2H3;3-6H,1-2H3;1-2H3;2*1-2H2/b9-4-,16-6-,29-15-,32-19+,43-30?;;;;. The maximum atomic E-state index is 7.32. The Kier molecular flexibility index (Phi) is 22.7. The Balaban J connectivity index is 0.000000716. The SMILES string of the molecule is C=C.C=C.CC.CC(C)(/C=C\C=N)c1ccc(C(/C=C\C/C=C\Cc2c3ccccc3c(-c3ccccc3)c3ccccc23)=C/CCP)cc1.Cc1ccccc1C. The molecule has 0 saturated heterocycles. The molecule has 0 spiro atoms. The Bertz CT molecular complexity index is 2150. The van der Waals surface area contributed by atoms with Crippen LogP contribution >= 0.6 is 9.24 Å². The van der Waals surface area contributed by atoms with E-state index in [1.165, 1.54) is 72.3 Å².